The maximum Gasteiger partial charge on any atom is 0.266 e. The van der Waals surface area contributed by atoms with Gasteiger partial charge in [-0.2, -0.15) is 0 Å². The second kappa shape index (κ2) is 8.45. The van der Waals surface area contributed by atoms with Gasteiger partial charge in [0.1, 0.15) is 5.75 Å². The van der Waals surface area contributed by atoms with E-state index in [0.717, 1.165) is 37.0 Å². The van der Waals surface area contributed by atoms with Crippen LogP contribution in [0.25, 0.3) is 16.6 Å². The van der Waals surface area contributed by atoms with E-state index in [0.29, 0.717) is 27.5 Å². The highest BCUT2D eigenvalue weighted by Gasteiger charge is 2.51. The smallest absolute Gasteiger partial charge is 0.266 e. The number of amides is 1. The lowest BCUT2D eigenvalue weighted by molar-refractivity contribution is -0.124. The number of hydrogen-bond donors (Lipinski definition) is 1. The Bertz CT molecular complexity index is 1280. The van der Waals surface area contributed by atoms with Crippen molar-refractivity contribution in [3.63, 3.8) is 0 Å². The lowest BCUT2D eigenvalue weighted by Crippen LogP contribution is -2.60. The quantitative estimate of drug-likeness (QED) is 0.418. The molecule has 0 saturated heterocycles. The number of methoxy groups -OCH3 is 1. The van der Waals surface area contributed by atoms with Gasteiger partial charge in [0.05, 0.1) is 29.5 Å². The normalized spacial score (nSPS) is 27.1. The van der Waals surface area contributed by atoms with Crippen LogP contribution in [0.2, 0.25) is 0 Å². The molecule has 0 spiro atoms. The molecule has 4 saturated carbocycles. The summed E-state index contributed by atoms with van der Waals surface area (Å²) < 4.78 is 6.96. The van der Waals surface area contributed by atoms with Gasteiger partial charge in [0.25, 0.3) is 5.56 Å². The molecular formula is C27H29N3O3S. The Balaban J connectivity index is 1.28. The van der Waals surface area contributed by atoms with Gasteiger partial charge in [-0.3, -0.25) is 14.2 Å². The summed E-state index contributed by atoms with van der Waals surface area (Å²) in [6, 6.07) is 14.7. The largest absolute Gasteiger partial charge is 0.497 e. The van der Waals surface area contributed by atoms with Crippen molar-refractivity contribution in [1.29, 1.82) is 0 Å². The fourth-order valence-electron chi connectivity index (χ4n) is 6.91. The molecule has 4 bridgehead atoms. The Hall–Kier alpha value is -2.80. The number of para-hydroxylation sites is 1. The first kappa shape index (κ1) is 21.7. The van der Waals surface area contributed by atoms with Gasteiger partial charge in [-0.1, -0.05) is 30.0 Å². The van der Waals surface area contributed by atoms with Crippen molar-refractivity contribution in [2.24, 2.45) is 17.8 Å². The van der Waals surface area contributed by atoms with Crippen molar-refractivity contribution in [1.82, 2.24) is 14.9 Å². The molecule has 0 aliphatic heterocycles. The first-order valence-electron chi connectivity index (χ1n) is 12.1. The maximum absolute atomic E-state index is 13.5. The lowest BCUT2D eigenvalue weighted by Gasteiger charge is -2.56. The van der Waals surface area contributed by atoms with E-state index in [1.807, 2.05) is 42.5 Å². The van der Waals surface area contributed by atoms with E-state index < -0.39 is 0 Å². The van der Waals surface area contributed by atoms with Gasteiger partial charge in [-0.25, -0.2) is 4.98 Å². The van der Waals surface area contributed by atoms with Crippen LogP contribution in [0.3, 0.4) is 0 Å². The van der Waals surface area contributed by atoms with Crippen LogP contribution in [0.5, 0.6) is 5.75 Å². The lowest BCUT2D eigenvalue weighted by atomic mass is 9.53. The minimum Gasteiger partial charge on any atom is -0.497 e. The van der Waals surface area contributed by atoms with Crippen LogP contribution in [-0.4, -0.2) is 33.9 Å². The summed E-state index contributed by atoms with van der Waals surface area (Å²) in [6.45, 7) is 0. The molecule has 7 heteroatoms. The minimum absolute atomic E-state index is 0.0182. The van der Waals surface area contributed by atoms with Crippen molar-refractivity contribution >= 4 is 28.6 Å². The van der Waals surface area contributed by atoms with Crippen LogP contribution in [0.1, 0.15) is 38.5 Å². The first-order chi connectivity index (χ1) is 16.5. The zero-order chi connectivity index (χ0) is 23.3. The molecule has 6 nitrogen and oxygen atoms in total. The molecule has 0 unspecified atom stereocenters. The Labute approximate surface area is 203 Å². The van der Waals surface area contributed by atoms with Crippen LogP contribution < -0.4 is 15.6 Å². The number of ether oxygens (including phenoxy) is 1. The molecule has 1 N–H and O–H groups in total. The SMILES string of the molecule is COc1cccc(-n2c(SCC(=O)NC34CC5CC(CC(C5)C3)C4)nc3ccccc3c2=O)c1. The molecule has 0 atom stereocenters. The topological polar surface area (TPSA) is 73.2 Å². The summed E-state index contributed by atoms with van der Waals surface area (Å²) in [6.07, 6.45) is 7.40. The molecule has 0 radical (unpaired) electrons. The number of nitrogens with zero attached hydrogens (tertiary/aromatic N) is 2. The summed E-state index contributed by atoms with van der Waals surface area (Å²) in [5.74, 6) is 3.26. The molecule has 4 aliphatic carbocycles. The fraction of sp³-hybridized carbons (Fsp3) is 0.444. The van der Waals surface area contributed by atoms with Crippen molar-refractivity contribution < 1.29 is 9.53 Å². The van der Waals surface area contributed by atoms with E-state index in [1.165, 1.54) is 31.0 Å². The molecule has 1 heterocycles. The van der Waals surface area contributed by atoms with Crippen LogP contribution in [0, 0.1) is 17.8 Å². The Morgan fingerprint density at radius 1 is 1.09 bits per heavy atom. The van der Waals surface area contributed by atoms with E-state index >= 15 is 0 Å². The number of carbonyl (C=O) groups excluding carboxylic acids is 1. The third kappa shape index (κ3) is 3.90. The van der Waals surface area contributed by atoms with E-state index in [4.69, 9.17) is 9.72 Å². The summed E-state index contributed by atoms with van der Waals surface area (Å²) in [5.41, 5.74) is 1.14. The highest BCUT2D eigenvalue weighted by atomic mass is 32.2. The predicted molar refractivity (Wildman–Crippen MR) is 134 cm³/mol. The van der Waals surface area contributed by atoms with Crippen LogP contribution in [0.4, 0.5) is 0 Å². The summed E-state index contributed by atoms with van der Waals surface area (Å²) in [5, 5.41) is 4.49. The third-order valence-corrected chi connectivity index (χ3v) is 8.77. The number of thioether (sulfide) groups is 1. The van der Waals surface area contributed by atoms with Gasteiger partial charge in [0.2, 0.25) is 5.91 Å². The van der Waals surface area contributed by atoms with Crippen molar-refractivity contribution in [2.45, 2.75) is 49.2 Å². The summed E-state index contributed by atoms with van der Waals surface area (Å²) in [7, 11) is 1.60. The van der Waals surface area contributed by atoms with Crippen molar-refractivity contribution in [3.8, 4) is 11.4 Å². The zero-order valence-corrected chi connectivity index (χ0v) is 20.1. The van der Waals surface area contributed by atoms with Crippen LogP contribution in [0.15, 0.2) is 58.5 Å². The van der Waals surface area contributed by atoms with Crippen LogP contribution >= 0.6 is 11.8 Å². The number of carbonyl (C=O) groups is 1. The Morgan fingerprint density at radius 2 is 1.79 bits per heavy atom. The molecule has 4 aliphatic rings. The molecule has 1 amide bonds. The monoisotopic (exact) mass is 475 g/mol. The van der Waals surface area contributed by atoms with E-state index in [-0.39, 0.29) is 22.8 Å². The second-order valence-corrected chi connectivity index (χ2v) is 11.2. The standard InChI is InChI=1S/C27H29N3O3S/c1-33-21-6-4-5-20(12-21)30-25(32)22-7-2-3-8-23(22)28-26(30)34-16-24(31)29-27-13-17-9-18(14-27)11-19(10-17)15-27/h2-8,12,17-19H,9-11,13-16H2,1H3,(H,29,31). The van der Waals surface area contributed by atoms with E-state index in [2.05, 4.69) is 5.32 Å². The molecule has 3 aromatic rings. The van der Waals surface area contributed by atoms with Gasteiger partial charge >= 0.3 is 0 Å². The number of aromatic nitrogens is 2. The molecule has 2 aromatic carbocycles. The maximum atomic E-state index is 13.5. The predicted octanol–water partition coefficient (Wildman–Crippen LogP) is 4.57. The van der Waals surface area contributed by atoms with Crippen LogP contribution in [-0.2, 0) is 4.79 Å². The van der Waals surface area contributed by atoms with Crippen molar-refractivity contribution in [3.05, 3.63) is 58.9 Å². The van der Waals surface area contributed by atoms with Gasteiger partial charge in [-0.05, 0) is 80.5 Å². The molecular weight excluding hydrogens is 446 g/mol. The molecule has 7 rings (SSSR count). The second-order valence-electron chi connectivity index (χ2n) is 10.3. The number of fused-ring (bicyclic) bond motifs is 1. The van der Waals surface area contributed by atoms with E-state index in [9.17, 15) is 9.59 Å². The minimum atomic E-state index is -0.150. The number of benzene rings is 2. The average molecular weight is 476 g/mol. The highest BCUT2D eigenvalue weighted by molar-refractivity contribution is 7.99. The van der Waals surface area contributed by atoms with Crippen molar-refractivity contribution in [2.75, 3.05) is 12.9 Å². The van der Waals surface area contributed by atoms with Gasteiger partial charge < -0.3 is 10.1 Å². The van der Waals surface area contributed by atoms with Gasteiger partial charge in [0.15, 0.2) is 5.16 Å². The number of rotatable bonds is 6. The average Bonchev–Trinajstić information content (AvgIpc) is 2.82. The summed E-state index contributed by atoms with van der Waals surface area (Å²) >= 11 is 1.32. The number of hydrogen-bond acceptors (Lipinski definition) is 5. The Morgan fingerprint density at radius 3 is 2.50 bits per heavy atom. The Kier molecular flexibility index (Phi) is 5.40. The van der Waals surface area contributed by atoms with Gasteiger partial charge in [0, 0.05) is 11.6 Å². The third-order valence-electron chi connectivity index (χ3n) is 7.83. The fourth-order valence-corrected chi connectivity index (χ4v) is 7.72. The molecule has 4 fully saturated rings. The molecule has 1 aromatic heterocycles. The number of nitrogens with one attached hydrogen (secondary N) is 1. The van der Waals surface area contributed by atoms with Gasteiger partial charge in [-0.15, -0.1) is 0 Å². The van der Waals surface area contributed by atoms with E-state index in [1.54, 1.807) is 17.7 Å². The summed E-state index contributed by atoms with van der Waals surface area (Å²) in [4.78, 5) is 31.4. The first-order valence-corrected chi connectivity index (χ1v) is 13.1. The highest BCUT2D eigenvalue weighted by Crippen LogP contribution is 2.55. The molecule has 34 heavy (non-hydrogen) atoms. The molecule has 176 valence electrons. The zero-order valence-electron chi connectivity index (χ0n) is 19.3.